The van der Waals surface area contributed by atoms with Crippen LogP contribution in [0.15, 0.2) is 53.0 Å². The number of alkyl halides is 3. The van der Waals surface area contributed by atoms with Gasteiger partial charge < -0.3 is 5.32 Å². The molecule has 4 nitrogen and oxygen atoms in total. The molecule has 0 saturated carbocycles. The largest absolute Gasteiger partial charge is 0.433 e. The Balaban J connectivity index is 1.68. The highest BCUT2D eigenvalue weighted by Gasteiger charge is 2.34. The van der Waals surface area contributed by atoms with Crippen LogP contribution in [0.2, 0.25) is 0 Å². The van der Waals surface area contributed by atoms with Crippen molar-refractivity contribution >= 4 is 34.7 Å². The van der Waals surface area contributed by atoms with Crippen LogP contribution in [0.4, 0.5) is 18.9 Å². The summed E-state index contributed by atoms with van der Waals surface area (Å²) in [6.07, 6.45) is -3.57. The summed E-state index contributed by atoms with van der Waals surface area (Å²) < 4.78 is 39.6. The number of anilines is 1. The van der Waals surface area contributed by atoms with Crippen LogP contribution < -0.4 is 5.32 Å². The number of nitrogens with zero attached hydrogens (tertiary/aromatic N) is 2. The average Bonchev–Trinajstić information content (AvgIpc) is 3.26. The molecule has 158 valence electrons. The highest BCUT2D eigenvalue weighted by atomic mass is 32.2. The van der Waals surface area contributed by atoms with Crippen LogP contribution in [-0.2, 0) is 11.0 Å². The molecule has 2 aromatic heterocycles. The van der Waals surface area contributed by atoms with Gasteiger partial charge in [-0.3, -0.25) is 4.79 Å². The Kier molecular flexibility index (Phi) is 7.14. The zero-order valence-corrected chi connectivity index (χ0v) is 18.0. The van der Waals surface area contributed by atoms with Gasteiger partial charge in [-0.25, -0.2) is 9.97 Å². The summed E-state index contributed by atoms with van der Waals surface area (Å²) in [5.41, 5.74) is 0.987. The molecule has 0 aliphatic carbocycles. The lowest BCUT2D eigenvalue weighted by atomic mass is 9.99. The van der Waals surface area contributed by atoms with E-state index in [-0.39, 0.29) is 22.5 Å². The number of thiophene rings is 1. The summed E-state index contributed by atoms with van der Waals surface area (Å²) >= 11 is 2.16. The Labute approximate surface area is 181 Å². The Bertz CT molecular complexity index is 990. The molecule has 1 aromatic carbocycles. The number of hydrogen-bond acceptors (Lipinski definition) is 5. The predicted octanol–water partition coefficient (Wildman–Crippen LogP) is 6.47. The van der Waals surface area contributed by atoms with Crippen LogP contribution in [0.3, 0.4) is 0 Å². The zero-order chi connectivity index (χ0) is 21.7. The molecule has 1 N–H and O–H groups in total. The predicted molar refractivity (Wildman–Crippen MR) is 115 cm³/mol. The van der Waals surface area contributed by atoms with Gasteiger partial charge in [-0.05, 0) is 47.5 Å². The molecule has 1 atom stereocenters. The molecule has 3 aromatic rings. The van der Waals surface area contributed by atoms with Crippen LogP contribution >= 0.6 is 23.1 Å². The van der Waals surface area contributed by atoms with Gasteiger partial charge in [0.15, 0.2) is 5.16 Å². The van der Waals surface area contributed by atoms with Crippen molar-refractivity contribution in [3.63, 3.8) is 0 Å². The fourth-order valence-electron chi connectivity index (χ4n) is 2.64. The highest BCUT2D eigenvalue weighted by molar-refractivity contribution is 7.99. The number of nitrogens with one attached hydrogen (secondary N) is 1. The van der Waals surface area contributed by atoms with Gasteiger partial charge in [0.2, 0.25) is 5.91 Å². The highest BCUT2D eigenvalue weighted by Crippen LogP contribution is 2.33. The second-order valence-electron chi connectivity index (χ2n) is 6.66. The molecular formula is C21H20F3N3OS2. The van der Waals surface area contributed by atoms with Gasteiger partial charge in [0.1, 0.15) is 5.69 Å². The fourth-order valence-corrected chi connectivity index (χ4v) is 3.99. The van der Waals surface area contributed by atoms with Gasteiger partial charge in [-0.2, -0.15) is 13.2 Å². The number of benzene rings is 1. The first-order valence-electron chi connectivity index (χ1n) is 9.29. The van der Waals surface area contributed by atoms with Crippen LogP contribution in [0.25, 0.3) is 10.6 Å². The van der Waals surface area contributed by atoms with Crippen molar-refractivity contribution in [2.45, 2.75) is 37.5 Å². The van der Waals surface area contributed by atoms with Crippen molar-refractivity contribution in [2.75, 3.05) is 11.1 Å². The van der Waals surface area contributed by atoms with E-state index in [2.05, 4.69) is 29.1 Å². The lowest BCUT2D eigenvalue weighted by Gasteiger charge is -2.11. The second-order valence-corrected chi connectivity index (χ2v) is 8.55. The minimum atomic E-state index is -4.59. The zero-order valence-electron chi connectivity index (χ0n) is 16.4. The first kappa shape index (κ1) is 22.3. The Morgan fingerprint density at radius 2 is 1.93 bits per heavy atom. The summed E-state index contributed by atoms with van der Waals surface area (Å²) in [6.45, 7) is 4.24. The van der Waals surface area contributed by atoms with E-state index in [1.807, 2.05) is 24.3 Å². The SMILES string of the molecule is CC[C@@H](C)c1ccc(NC(=O)CSc2nc(-c3cccs3)cc(C(F)(F)F)n2)cc1. The molecule has 0 saturated heterocycles. The number of aromatic nitrogens is 2. The van der Waals surface area contributed by atoms with Crippen LogP contribution in [0.5, 0.6) is 0 Å². The Morgan fingerprint density at radius 1 is 1.20 bits per heavy atom. The van der Waals surface area contributed by atoms with Crippen molar-refractivity contribution in [3.05, 3.63) is 59.1 Å². The normalized spacial score (nSPS) is 12.6. The lowest BCUT2D eigenvalue weighted by molar-refractivity contribution is -0.141. The summed E-state index contributed by atoms with van der Waals surface area (Å²) in [5.74, 6) is -0.00549. The monoisotopic (exact) mass is 451 g/mol. The van der Waals surface area contributed by atoms with Crippen LogP contribution in [0.1, 0.15) is 37.4 Å². The van der Waals surface area contributed by atoms with E-state index in [4.69, 9.17) is 0 Å². The number of amides is 1. The molecule has 1 amide bonds. The van der Waals surface area contributed by atoms with Crippen LogP contribution in [0, 0.1) is 0 Å². The minimum absolute atomic E-state index is 0.0875. The fraction of sp³-hybridized carbons (Fsp3) is 0.286. The number of hydrogen-bond donors (Lipinski definition) is 1. The number of carbonyl (C=O) groups excluding carboxylic acids is 1. The van der Waals surface area contributed by atoms with Crippen molar-refractivity contribution in [3.8, 4) is 10.6 Å². The second kappa shape index (κ2) is 9.61. The smallest absolute Gasteiger partial charge is 0.325 e. The molecule has 0 bridgehead atoms. The first-order valence-corrected chi connectivity index (χ1v) is 11.2. The molecule has 0 aliphatic rings. The molecule has 0 radical (unpaired) electrons. The van der Waals surface area contributed by atoms with Gasteiger partial charge in [0.05, 0.1) is 16.3 Å². The minimum Gasteiger partial charge on any atom is -0.325 e. The van der Waals surface area contributed by atoms with Gasteiger partial charge in [-0.1, -0.05) is 43.8 Å². The third-order valence-corrected chi connectivity index (χ3v) is 6.22. The van der Waals surface area contributed by atoms with E-state index in [0.29, 0.717) is 16.5 Å². The third kappa shape index (κ3) is 5.82. The van der Waals surface area contributed by atoms with E-state index >= 15 is 0 Å². The molecule has 0 fully saturated rings. The molecule has 0 aliphatic heterocycles. The molecule has 0 unspecified atom stereocenters. The molecule has 30 heavy (non-hydrogen) atoms. The van der Waals surface area contributed by atoms with E-state index in [1.165, 1.54) is 16.9 Å². The average molecular weight is 452 g/mol. The summed E-state index contributed by atoms with van der Waals surface area (Å²) in [7, 11) is 0. The molecular weight excluding hydrogens is 431 g/mol. The maximum atomic E-state index is 13.2. The third-order valence-electron chi connectivity index (χ3n) is 4.48. The van der Waals surface area contributed by atoms with Gasteiger partial charge in [0.25, 0.3) is 0 Å². The topological polar surface area (TPSA) is 54.9 Å². The summed E-state index contributed by atoms with van der Waals surface area (Å²) in [4.78, 5) is 20.6. The number of rotatable bonds is 7. The lowest BCUT2D eigenvalue weighted by Crippen LogP contribution is -2.15. The molecule has 2 heterocycles. The van der Waals surface area contributed by atoms with Gasteiger partial charge in [0, 0.05) is 5.69 Å². The summed E-state index contributed by atoms with van der Waals surface area (Å²) in [6, 6.07) is 11.9. The van der Waals surface area contributed by atoms with Crippen LogP contribution in [-0.4, -0.2) is 21.6 Å². The molecule has 3 rings (SSSR count). The van der Waals surface area contributed by atoms with Crippen molar-refractivity contribution in [1.29, 1.82) is 0 Å². The summed E-state index contributed by atoms with van der Waals surface area (Å²) in [5, 5.41) is 4.42. The standard InChI is InChI=1S/C21H20F3N3OS2/c1-3-13(2)14-6-8-15(9-7-14)25-19(28)12-30-20-26-16(17-5-4-10-29-17)11-18(27-20)21(22,23)24/h4-11,13H,3,12H2,1-2H3,(H,25,28)/t13-/m1/s1. The molecule has 9 heteroatoms. The Hall–Kier alpha value is -2.39. The van der Waals surface area contributed by atoms with E-state index in [0.717, 1.165) is 24.2 Å². The van der Waals surface area contributed by atoms with E-state index < -0.39 is 11.9 Å². The quantitative estimate of drug-likeness (QED) is 0.330. The van der Waals surface area contributed by atoms with Gasteiger partial charge >= 0.3 is 6.18 Å². The van der Waals surface area contributed by atoms with E-state index in [1.54, 1.807) is 17.5 Å². The van der Waals surface area contributed by atoms with Crippen molar-refractivity contribution in [2.24, 2.45) is 0 Å². The number of halogens is 3. The van der Waals surface area contributed by atoms with Gasteiger partial charge in [-0.15, -0.1) is 11.3 Å². The Morgan fingerprint density at radius 3 is 2.53 bits per heavy atom. The van der Waals surface area contributed by atoms with E-state index in [9.17, 15) is 18.0 Å². The van der Waals surface area contributed by atoms with Crippen molar-refractivity contribution < 1.29 is 18.0 Å². The maximum absolute atomic E-state index is 13.2. The maximum Gasteiger partial charge on any atom is 0.433 e. The number of carbonyl (C=O) groups is 1. The molecule has 0 spiro atoms. The number of thioether (sulfide) groups is 1. The first-order chi connectivity index (χ1) is 14.3. The van der Waals surface area contributed by atoms with Crippen molar-refractivity contribution in [1.82, 2.24) is 9.97 Å².